The average Bonchev–Trinajstić information content (AvgIpc) is 2.82. The maximum Gasteiger partial charge on any atom is 0.0797 e. The van der Waals surface area contributed by atoms with Crippen LogP contribution in [-0.2, 0) is 0 Å². The van der Waals surface area contributed by atoms with Crippen LogP contribution in [0.5, 0.6) is 0 Å². The Bertz CT molecular complexity index is 416. The van der Waals surface area contributed by atoms with Crippen LogP contribution >= 0.6 is 46.4 Å². The first-order valence-electron chi connectivity index (χ1n) is 4.73. The van der Waals surface area contributed by atoms with Crippen LogP contribution in [0.4, 0.5) is 0 Å². The summed E-state index contributed by atoms with van der Waals surface area (Å²) in [5.74, 6) is 0. The monoisotopic (exact) mass is 281 g/mol. The van der Waals surface area contributed by atoms with Gasteiger partial charge in [0, 0.05) is 12.1 Å². The Morgan fingerprint density at radius 2 is 1.13 bits per heavy atom. The van der Waals surface area contributed by atoms with E-state index in [-0.39, 0.29) is 0 Å². The highest BCUT2D eigenvalue weighted by Gasteiger charge is 2.41. The first-order valence-corrected chi connectivity index (χ1v) is 6.24. The van der Waals surface area contributed by atoms with Crippen LogP contribution in [0.1, 0.15) is 36.1 Å². The van der Waals surface area contributed by atoms with Gasteiger partial charge in [0.2, 0.25) is 0 Å². The fourth-order valence-corrected chi connectivity index (χ4v) is 3.69. The summed E-state index contributed by atoms with van der Waals surface area (Å²) < 4.78 is 0. The van der Waals surface area contributed by atoms with Gasteiger partial charge in [-0.1, -0.05) is 46.4 Å². The largest absolute Gasteiger partial charge is 0.303 e. The maximum atomic E-state index is 6.19. The quantitative estimate of drug-likeness (QED) is 0.533. The predicted octanol–water partition coefficient (Wildman–Crippen LogP) is 4.78. The first kappa shape index (κ1) is 10.5. The van der Waals surface area contributed by atoms with Gasteiger partial charge < -0.3 is 5.32 Å². The third kappa shape index (κ3) is 1.28. The van der Waals surface area contributed by atoms with Crippen molar-refractivity contribution in [3.8, 4) is 0 Å². The zero-order valence-corrected chi connectivity index (χ0v) is 10.6. The smallest absolute Gasteiger partial charge is 0.0797 e. The van der Waals surface area contributed by atoms with Crippen molar-refractivity contribution in [2.24, 2.45) is 0 Å². The van der Waals surface area contributed by atoms with Crippen LogP contribution in [0.25, 0.3) is 0 Å². The summed E-state index contributed by atoms with van der Waals surface area (Å²) in [5, 5.41) is 5.30. The summed E-state index contributed by atoms with van der Waals surface area (Å²) in [7, 11) is 0. The predicted molar refractivity (Wildman–Crippen MR) is 64.3 cm³/mol. The molecule has 1 fully saturated rings. The number of benzene rings is 1. The van der Waals surface area contributed by atoms with Crippen LogP contribution in [0.15, 0.2) is 0 Å². The Morgan fingerprint density at radius 3 is 1.53 bits per heavy atom. The lowest BCUT2D eigenvalue weighted by atomic mass is 9.91. The van der Waals surface area contributed by atoms with Crippen LogP contribution < -0.4 is 5.32 Å². The minimum Gasteiger partial charge on any atom is -0.303 e. The van der Waals surface area contributed by atoms with E-state index in [4.69, 9.17) is 46.4 Å². The Hall–Kier alpha value is 0.340. The second-order valence-electron chi connectivity index (χ2n) is 3.93. The fourth-order valence-electron chi connectivity index (χ4n) is 2.55. The lowest BCUT2D eigenvalue weighted by Crippen LogP contribution is -2.06. The fraction of sp³-hybridized carbons (Fsp3) is 0.400. The minimum absolute atomic E-state index is 0.296. The second kappa shape index (κ2) is 3.41. The van der Waals surface area contributed by atoms with Gasteiger partial charge in [0.25, 0.3) is 0 Å². The van der Waals surface area contributed by atoms with Gasteiger partial charge in [-0.15, -0.1) is 0 Å². The van der Waals surface area contributed by atoms with Crippen LogP contribution in [-0.4, -0.2) is 0 Å². The highest BCUT2D eigenvalue weighted by Crippen LogP contribution is 2.54. The van der Waals surface area contributed by atoms with E-state index in [0.717, 1.165) is 24.0 Å². The molecule has 0 saturated carbocycles. The molecule has 1 N–H and O–H groups in total. The molecule has 2 heterocycles. The Kier molecular flexibility index (Phi) is 2.39. The van der Waals surface area contributed by atoms with Crippen molar-refractivity contribution in [3.63, 3.8) is 0 Å². The number of fused-ring (bicyclic) bond motifs is 5. The van der Waals surface area contributed by atoms with Gasteiger partial charge in [0.1, 0.15) is 0 Å². The Morgan fingerprint density at radius 1 is 0.733 bits per heavy atom. The van der Waals surface area contributed by atoms with Crippen molar-refractivity contribution in [1.82, 2.24) is 5.32 Å². The molecule has 2 bridgehead atoms. The van der Waals surface area contributed by atoms with Crippen LogP contribution in [0.3, 0.4) is 0 Å². The van der Waals surface area contributed by atoms with E-state index in [1.165, 1.54) is 0 Å². The number of nitrogens with one attached hydrogen (secondary N) is 1. The summed E-state index contributed by atoms with van der Waals surface area (Å²) in [6.45, 7) is 0. The standard InChI is InChI=1S/C10H7Cl4N/c11-7-5-3-1-2-4(15-3)6(5)8(12)10(14)9(7)13/h3-4,15H,1-2H2. The lowest BCUT2D eigenvalue weighted by molar-refractivity contribution is 0.639. The molecule has 0 spiro atoms. The molecular formula is C10H7Cl4N. The van der Waals surface area contributed by atoms with Gasteiger partial charge in [0.05, 0.1) is 20.1 Å². The van der Waals surface area contributed by atoms with Crippen molar-refractivity contribution in [3.05, 3.63) is 31.2 Å². The van der Waals surface area contributed by atoms with E-state index in [1.54, 1.807) is 0 Å². The number of hydrogen-bond acceptors (Lipinski definition) is 1. The normalized spacial score (nSPS) is 27.2. The van der Waals surface area contributed by atoms with Gasteiger partial charge >= 0.3 is 0 Å². The third-order valence-electron chi connectivity index (χ3n) is 3.18. The molecule has 5 heteroatoms. The van der Waals surface area contributed by atoms with Crippen molar-refractivity contribution < 1.29 is 0 Å². The molecule has 1 nitrogen and oxygen atoms in total. The second-order valence-corrected chi connectivity index (χ2v) is 5.44. The summed E-state index contributed by atoms with van der Waals surface area (Å²) in [4.78, 5) is 0. The van der Waals surface area contributed by atoms with Gasteiger partial charge in [-0.2, -0.15) is 0 Å². The molecule has 0 aliphatic carbocycles. The minimum atomic E-state index is 0.296. The van der Waals surface area contributed by atoms with Gasteiger partial charge in [-0.05, 0) is 24.0 Å². The molecule has 0 radical (unpaired) electrons. The molecule has 2 aliphatic heterocycles. The molecule has 2 atom stereocenters. The summed E-state index contributed by atoms with van der Waals surface area (Å²) in [6.07, 6.45) is 2.18. The van der Waals surface area contributed by atoms with E-state index in [2.05, 4.69) is 5.32 Å². The highest BCUT2D eigenvalue weighted by molar-refractivity contribution is 6.52. The molecule has 1 aromatic rings. The average molecular weight is 283 g/mol. The number of halogens is 4. The molecule has 1 saturated heterocycles. The molecule has 2 aliphatic rings. The molecular weight excluding hydrogens is 276 g/mol. The first-order chi connectivity index (χ1) is 7.11. The van der Waals surface area contributed by atoms with E-state index < -0.39 is 0 Å². The lowest BCUT2D eigenvalue weighted by Gasteiger charge is -2.18. The molecule has 80 valence electrons. The Balaban J connectivity index is 2.36. The van der Waals surface area contributed by atoms with Crippen molar-refractivity contribution >= 4 is 46.4 Å². The number of hydrogen-bond donors (Lipinski definition) is 1. The number of rotatable bonds is 0. The van der Waals surface area contributed by atoms with Gasteiger partial charge in [0.15, 0.2) is 0 Å². The molecule has 1 aromatic carbocycles. The topological polar surface area (TPSA) is 12.0 Å². The zero-order chi connectivity index (χ0) is 10.7. The molecule has 3 rings (SSSR count). The Labute approximate surface area is 108 Å². The maximum absolute atomic E-state index is 6.19. The highest BCUT2D eigenvalue weighted by atomic mass is 35.5. The van der Waals surface area contributed by atoms with E-state index in [9.17, 15) is 0 Å². The van der Waals surface area contributed by atoms with Crippen molar-refractivity contribution in [1.29, 1.82) is 0 Å². The molecule has 0 aromatic heterocycles. The van der Waals surface area contributed by atoms with Crippen LogP contribution in [0.2, 0.25) is 20.1 Å². The summed E-state index contributed by atoms with van der Waals surface area (Å²) >= 11 is 24.4. The van der Waals surface area contributed by atoms with E-state index >= 15 is 0 Å². The molecule has 15 heavy (non-hydrogen) atoms. The zero-order valence-electron chi connectivity index (χ0n) is 7.58. The van der Waals surface area contributed by atoms with E-state index in [0.29, 0.717) is 32.2 Å². The summed E-state index contributed by atoms with van der Waals surface area (Å²) in [5.41, 5.74) is 2.10. The molecule has 2 unspecified atom stereocenters. The van der Waals surface area contributed by atoms with Crippen molar-refractivity contribution in [2.75, 3.05) is 0 Å². The third-order valence-corrected chi connectivity index (χ3v) is 5.02. The van der Waals surface area contributed by atoms with E-state index in [1.807, 2.05) is 0 Å². The van der Waals surface area contributed by atoms with Gasteiger partial charge in [-0.25, -0.2) is 0 Å². The SMILES string of the molecule is Clc1c(Cl)c(Cl)c2c(c1Cl)C1CCC2N1. The molecule has 0 amide bonds. The van der Waals surface area contributed by atoms with Gasteiger partial charge in [-0.3, -0.25) is 0 Å². The van der Waals surface area contributed by atoms with Crippen LogP contribution in [0, 0.1) is 0 Å². The summed E-state index contributed by atoms with van der Waals surface area (Å²) in [6, 6.07) is 0.592. The van der Waals surface area contributed by atoms with Crippen molar-refractivity contribution in [2.45, 2.75) is 24.9 Å².